The number of carbonyl (C=O) groups is 1. The van der Waals surface area contributed by atoms with Gasteiger partial charge in [-0.25, -0.2) is 4.98 Å². The van der Waals surface area contributed by atoms with Crippen LogP contribution in [0.5, 0.6) is 0 Å². The maximum atomic E-state index is 10.8. The number of amides is 1. The minimum atomic E-state index is -0.551. The van der Waals surface area contributed by atoms with Gasteiger partial charge in [0.2, 0.25) is 0 Å². The van der Waals surface area contributed by atoms with E-state index < -0.39 is 5.91 Å². The van der Waals surface area contributed by atoms with Crippen LogP contribution in [-0.2, 0) is 4.74 Å². The fourth-order valence-corrected chi connectivity index (χ4v) is 1.66. The number of hydrogen-bond acceptors (Lipinski definition) is 4. The van der Waals surface area contributed by atoms with Gasteiger partial charge in [0.25, 0.3) is 5.91 Å². The van der Waals surface area contributed by atoms with E-state index in [0.29, 0.717) is 0 Å². The molecule has 1 saturated heterocycles. The summed E-state index contributed by atoms with van der Waals surface area (Å²) >= 11 is 0. The van der Waals surface area contributed by atoms with Crippen molar-refractivity contribution in [2.75, 3.05) is 6.61 Å². The van der Waals surface area contributed by atoms with Gasteiger partial charge in [-0.1, -0.05) is 0 Å². The number of aromatic nitrogens is 2. The molecular formula is C9H13N3O3. The Morgan fingerprint density at radius 1 is 1.73 bits per heavy atom. The second-order valence-electron chi connectivity index (χ2n) is 3.54. The first-order chi connectivity index (χ1) is 7.20. The van der Waals surface area contributed by atoms with Crippen LogP contribution in [0.3, 0.4) is 0 Å². The summed E-state index contributed by atoms with van der Waals surface area (Å²) in [7, 11) is 0. The summed E-state index contributed by atoms with van der Waals surface area (Å²) in [4.78, 5) is 14.7. The fourth-order valence-electron chi connectivity index (χ4n) is 1.66. The molecule has 6 nitrogen and oxygen atoms in total. The Kier molecular flexibility index (Phi) is 2.70. The van der Waals surface area contributed by atoms with Gasteiger partial charge in [0.05, 0.1) is 19.0 Å². The molecule has 1 fully saturated rings. The zero-order chi connectivity index (χ0) is 10.8. The van der Waals surface area contributed by atoms with Crippen molar-refractivity contribution >= 4 is 5.91 Å². The molecule has 2 atom stereocenters. The standard InChI is InChI=1S/C9H13N3O3/c10-9(14)7-3-12(5-11-7)8-2-1-6(4-13)15-8/h3,5-6,8,13H,1-2,4H2,(H2,10,14)/t6-,8?/m0/s1. The van der Waals surface area contributed by atoms with Crippen molar-refractivity contribution in [2.45, 2.75) is 25.2 Å². The van der Waals surface area contributed by atoms with Gasteiger partial charge in [-0.15, -0.1) is 0 Å². The number of nitrogens with two attached hydrogens (primary N) is 1. The molecule has 0 bridgehead atoms. The number of carbonyl (C=O) groups excluding carboxylic acids is 1. The predicted octanol–water partition coefficient (Wildman–Crippen LogP) is -0.348. The highest BCUT2D eigenvalue weighted by Crippen LogP contribution is 2.27. The van der Waals surface area contributed by atoms with Crippen molar-refractivity contribution in [1.82, 2.24) is 9.55 Å². The molecule has 6 heteroatoms. The maximum absolute atomic E-state index is 10.8. The van der Waals surface area contributed by atoms with E-state index >= 15 is 0 Å². The molecule has 1 aliphatic heterocycles. The molecule has 2 heterocycles. The Labute approximate surface area is 86.7 Å². The first-order valence-corrected chi connectivity index (χ1v) is 4.80. The lowest BCUT2D eigenvalue weighted by Crippen LogP contribution is -2.14. The van der Waals surface area contributed by atoms with E-state index in [9.17, 15) is 4.79 Å². The van der Waals surface area contributed by atoms with Gasteiger partial charge in [-0.05, 0) is 12.8 Å². The van der Waals surface area contributed by atoms with Crippen LogP contribution in [0.1, 0.15) is 29.6 Å². The number of aliphatic hydroxyl groups is 1. The fraction of sp³-hybridized carbons (Fsp3) is 0.556. The van der Waals surface area contributed by atoms with Gasteiger partial charge in [-0.2, -0.15) is 0 Å². The Balaban J connectivity index is 2.07. The highest BCUT2D eigenvalue weighted by molar-refractivity contribution is 5.90. The van der Waals surface area contributed by atoms with E-state index in [1.807, 2.05) is 0 Å². The minimum Gasteiger partial charge on any atom is -0.394 e. The summed E-state index contributed by atoms with van der Waals surface area (Å²) in [5.41, 5.74) is 5.31. The smallest absolute Gasteiger partial charge is 0.268 e. The second-order valence-corrected chi connectivity index (χ2v) is 3.54. The van der Waals surface area contributed by atoms with Crippen molar-refractivity contribution < 1.29 is 14.6 Å². The van der Waals surface area contributed by atoms with Gasteiger partial charge in [0.1, 0.15) is 11.9 Å². The van der Waals surface area contributed by atoms with Gasteiger partial charge < -0.3 is 20.1 Å². The lowest BCUT2D eigenvalue weighted by molar-refractivity contribution is -0.0224. The van der Waals surface area contributed by atoms with Crippen LogP contribution in [0.2, 0.25) is 0 Å². The van der Waals surface area contributed by atoms with Crippen LogP contribution in [0.25, 0.3) is 0 Å². The van der Waals surface area contributed by atoms with E-state index in [-0.39, 0.29) is 24.6 Å². The van der Waals surface area contributed by atoms with Crippen molar-refractivity contribution in [3.05, 3.63) is 18.2 Å². The lowest BCUT2D eigenvalue weighted by Gasteiger charge is -2.12. The van der Waals surface area contributed by atoms with Crippen LogP contribution < -0.4 is 5.73 Å². The van der Waals surface area contributed by atoms with Gasteiger partial charge >= 0.3 is 0 Å². The Bertz CT molecular complexity index is 363. The number of hydrogen-bond donors (Lipinski definition) is 2. The average molecular weight is 211 g/mol. The topological polar surface area (TPSA) is 90.4 Å². The third-order valence-electron chi connectivity index (χ3n) is 2.48. The van der Waals surface area contributed by atoms with E-state index in [1.54, 1.807) is 10.8 Å². The maximum Gasteiger partial charge on any atom is 0.268 e. The largest absolute Gasteiger partial charge is 0.394 e. The molecule has 2 rings (SSSR count). The monoisotopic (exact) mass is 211 g/mol. The molecule has 0 aliphatic carbocycles. The van der Waals surface area contributed by atoms with Gasteiger partial charge in [-0.3, -0.25) is 4.79 Å². The molecule has 0 saturated carbocycles. The van der Waals surface area contributed by atoms with Crippen LogP contribution in [0.15, 0.2) is 12.5 Å². The average Bonchev–Trinajstić information content (AvgIpc) is 2.86. The molecule has 0 spiro atoms. The summed E-state index contributed by atoms with van der Waals surface area (Å²) in [6.07, 6.45) is 4.43. The Morgan fingerprint density at radius 2 is 2.53 bits per heavy atom. The number of imidazole rings is 1. The number of aliphatic hydroxyl groups excluding tert-OH is 1. The van der Waals surface area contributed by atoms with Crippen molar-refractivity contribution in [1.29, 1.82) is 0 Å². The van der Waals surface area contributed by atoms with E-state index in [0.717, 1.165) is 12.8 Å². The molecular weight excluding hydrogens is 198 g/mol. The van der Waals surface area contributed by atoms with Gasteiger partial charge in [0.15, 0.2) is 0 Å². The summed E-state index contributed by atoms with van der Waals surface area (Å²) < 4.78 is 7.21. The second kappa shape index (κ2) is 4.00. The van der Waals surface area contributed by atoms with Crippen molar-refractivity contribution in [3.8, 4) is 0 Å². The van der Waals surface area contributed by atoms with E-state index in [1.165, 1.54) is 6.33 Å². The zero-order valence-corrected chi connectivity index (χ0v) is 8.17. The summed E-state index contributed by atoms with van der Waals surface area (Å²) in [6.45, 7) is 0.0217. The molecule has 0 radical (unpaired) electrons. The van der Waals surface area contributed by atoms with Crippen LogP contribution in [-0.4, -0.2) is 33.3 Å². The molecule has 82 valence electrons. The minimum absolute atomic E-state index is 0.0217. The normalized spacial score (nSPS) is 25.7. The number of primary amides is 1. The van der Waals surface area contributed by atoms with Crippen molar-refractivity contribution in [3.63, 3.8) is 0 Å². The van der Waals surface area contributed by atoms with E-state index in [4.69, 9.17) is 15.6 Å². The third-order valence-corrected chi connectivity index (χ3v) is 2.48. The van der Waals surface area contributed by atoms with Gasteiger partial charge in [0, 0.05) is 6.20 Å². The first-order valence-electron chi connectivity index (χ1n) is 4.80. The molecule has 15 heavy (non-hydrogen) atoms. The molecule has 1 unspecified atom stereocenters. The summed E-state index contributed by atoms with van der Waals surface area (Å²) in [6, 6.07) is 0. The summed E-state index contributed by atoms with van der Waals surface area (Å²) in [5.74, 6) is -0.551. The summed E-state index contributed by atoms with van der Waals surface area (Å²) in [5, 5.41) is 8.90. The molecule has 3 N–H and O–H groups in total. The first kappa shape index (κ1) is 10.1. The zero-order valence-electron chi connectivity index (χ0n) is 8.17. The number of ether oxygens (including phenoxy) is 1. The predicted molar refractivity (Wildman–Crippen MR) is 51.0 cm³/mol. The molecule has 1 aromatic heterocycles. The highest BCUT2D eigenvalue weighted by Gasteiger charge is 2.26. The Morgan fingerprint density at radius 3 is 3.07 bits per heavy atom. The quantitative estimate of drug-likeness (QED) is 0.715. The SMILES string of the molecule is NC(=O)c1cn(C2CC[C@@H](CO)O2)cn1. The van der Waals surface area contributed by atoms with Crippen LogP contribution in [0.4, 0.5) is 0 Å². The molecule has 0 aromatic carbocycles. The van der Waals surface area contributed by atoms with Crippen molar-refractivity contribution in [2.24, 2.45) is 5.73 Å². The number of nitrogens with zero attached hydrogens (tertiary/aromatic N) is 2. The van der Waals surface area contributed by atoms with E-state index in [2.05, 4.69) is 4.98 Å². The van der Waals surface area contributed by atoms with Crippen LogP contribution in [0, 0.1) is 0 Å². The lowest BCUT2D eigenvalue weighted by atomic mass is 10.2. The molecule has 1 aromatic rings. The third kappa shape index (κ3) is 2.00. The molecule has 1 amide bonds. The van der Waals surface area contributed by atoms with Crippen LogP contribution >= 0.6 is 0 Å². The Hall–Kier alpha value is -1.40. The highest BCUT2D eigenvalue weighted by atomic mass is 16.5. The number of rotatable bonds is 3. The molecule has 1 aliphatic rings.